The van der Waals surface area contributed by atoms with Gasteiger partial charge in [-0.25, -0.2) is 4.39 Å². The van der Waals surface area contributed by atoms with E-state index >= 15 is 0 Å². The van der Waals surface area contributed by atoms with E-state index in [0.717, 1.165) is 11.3 Å². The number of methoxy groups -OCH3 is 1. The summed E-state index contributed by atoms with van der Waals surface area (Å²) in [4.78, 5) is 14.2. The maximum Gasteiger partial charge on any atom is 0.235 e. The number of hydrogen-bond donors (Lipinski definition) is 1. The standard InChI is InChI=1S/C20H21FN4O2S2/c1-13(18(26)25(2)12-14-7-6-8-15(21)11-14)28-20-24-23-19(29-20)22-16-9-4-5-10-17(16)27-3/h4-11,13H,12H2,1-3H3,(H,22,23). The predicted molar refractivity (Wildman–Crippen MR) is 114 cm³/mol. The Bertz CT molecular complexity index is 982. The van der Waals surface area contributed by atoms with Crippen molar-refractivity contribution in [1.82, 2.24) is 15.1 Å². The van der Waals surface area contributed by atoms with Gasteiger partial charge in [0.05, 0.1) is 18.0 Å². The number of ether oxygens (including phenoxy) is 1. The number of carbonyl (C=O) groups is 1. The molecular weight excluding hydrogens is 411 g/mol. The van der Waals surface area contributed by atoms with Gasteiger partial charge < -0.3 is 15.0 Å². The molecule has 29 heavy (non-hydrogen) atoms. The molecule has 9 heteroatoms. The molecule has 2 aromatic carbocycles. The lowest BCUT2D eigenvalue weighted by Crippen LogP contribution is -2.32. The maximum absolute atomic E-state index is 13.3. The maximum atomic E-state index is 13.3. The molecule has 0 saturated carbocycles. The molecule has 0 spiro atoms. The summed E-state index contributed by atoms with van der Waals surface area (Å²) in [5, 5.41) is 11.7. The molecule has 0 bridgehead atoms. The Balaban J connectivity index is 1.59. The summed E-state index contributed by atoms with van der Waals surface area (Å²) >= 11 is 2.71. The summed E-state index contributed by atoms with van der Waals surface area (Å²) in [5.41, 5.74) is 1.54. The largest absolute Gasteiger partial charge is 0.495 e. The second kappa shape index (κ2) is 9.71. The quantitative estimate of drug-likeness (QED) is 0.526. The van der Waals surface area contributed by atoms with Gasteiger partial charge in [-0.1, -0.05) is 47.4 Å². The summed E-state index contributed by atoms with van der Waals surface area (Å²) in [6.07, 6.45) is 0. The van der Waals surface area contributed by atoms with Gasteiger partial charge in [0.1, 0.15) is 11.6 Å². The SMILES string of the molecule is COc1ccccc1Nc1nnc(SC(C)C(=O)N(C)Cc2cccc(F)c2)s1. The number of anilines is 2. The van der Waals surface area contributed by atoms with Gasteiger partial charge in [-0.15, -0.1) is 10.2 Å². The molecule has 3 aromatic rings. The Morgan fingerprint density at radius 3 is 2.83 bits per heavy atom. The van der Waals surface area contributed by atoms with E-state index in [1.165, 1.54) is 35.2 Å². The molecule has 1 N–H and O–H groups in total. The van der Waals surface area contributed by atoms with E-state index in [0.29, 0.717) is 21.8 Å². The molecule has 0 aliphatic carbocycles. The number of para-hydroxylation sites is 2. The lowest BCUT2D eigenvalue weighted by atomic mass is 10.2. The van der Waals surface area contributed by atoms with Crippen LogP contribution >= 0.6 is 23.1 Å². The zero-order chi connectivity index (χ0) is 20.8. The smallest absolute Gasteiger partial charge is 0.235 e. The van der Waals surface area contributed by atoms with E-state index in [9.17, 15) is 9.18 Å². The molecule has 0 fully saturated rings. The van der Waals surface area contributed by atoms with Crippen LogP contribution in [0.25, 0.3) is 0 Å². The normalized spacial score (nSPS) is 11.7. The molecule has 1 aromatic heterocycles. The van der Waals surface area contributed by atoms with Crippen molar-refractivity contribution in [3.8, 4) is 5.75 Å². The molecule has 0 aliphatic rings. The summed E-state index contributed by atoms with van der Waals surface area (Å²) in [6, 6.07) is 13.8. The number of rotatable bonds is 8. The van der Waals surface area contributed by atoms with Crippen LogP contribution in [0.15, 0.2) is 52.9 Å². The van der Waals surface area contributed by atoms with Crippen molar-refractivity contribution in [3.63, 3.8) is 0 Å². The van der Waals surface area contributed by atoms with E-state index in [-0.39, 0.29) is 17.0 Å². The Labute approximate surface area is 177 Å². The summed E-state index contributed by atoms with van der Waals surface area (Å²) in [7, 11) is 3.31. The highest BCUT2D eigenvalue weighted by molar-refractivity contribution is 8.02. The third kappa shape index (κ3) is 5.68. The minimum absolute atomic E-state index is 0.0614. The average Bonchev–Trinajstić information content (AvgIpc) is 3.14. The van der Waals surface area contributed by atoms with Crippen LogP contribution < -0.4 is 10.1 Å². The van der Waals surface area contributed by atoms with E-state index in [1.54, 1.807) is 31.2 Å². The van der Waals surface area contributed by atoms with Crippen LogP contribution in [0.5, 0.6) is 5.75 Å². The molecule has 1 unspecified atom stereocenters. The van der Waals surface area contributed by atoms with Crippen molar-refractivity contribution in [2.45, 2.75) is 23.1 Å². The zero-order valence-corrected chi connectivity index (χ0v) is 17.9. The van der Waals surface area contributed by atoms with Crippen LogP contribution in [0, 0.1) is 5.82 Å². The van der Waals surface area contributed by atoms with Gasteiger partial charge in [0.2, 0.25) is 11.0 Å². The second-order valence-corrected chi connectivity index (χ2v) is 8.85. The van der Waals surface area contributed by atoms with Crippen LogP contribution in [0.4, 0.5) is 15.2 Å². The average molecular weight is 433 g/mol. The van der Waals surface area contributed by atoms with Gasteiger partial charge >= 0.3 is 0 Å². The number of hydrogen-bond acceptors (Lipinski definition) is 7. The third-order valence-corrected chi connectivity index (χ3v) is 6.08. The topological polar surface area (TPSA) is 67.3 Å². The minimum atomic E-state index is -0.347. The van der Waals surface area contributed by atoms with E-state index < -0.39 is 0 Å². The highest BCUT2D eigenvalue weighted by Crippen LogP contribution is 2.33. The molecule has 152 valence electrons. The van der Waals surface area contributed by atoms with Gasteiger partial charge in [-0.2, -0.15) is 0 Å². The Kier molecular flexibility index (Phi) is 7.05. The third-order valence-electron chi connectivity index (χ3n) is 4.07. The Morgan fingerprint density at radius 1 is 1.28 bits per heavy atom. The molecule has 0 radical (unpaired) electrons. The van der Waals surface area contributed by atoms with Crippen LogP contribution in [0.3, 0.4) is 0 Å². The lowest BCUT2D eigenvalue weighted by molar-refractivity contribution is -0.129. The molecular formula is C20H21FN4O2S2. The molecule has 0 aliphatic heterocycles. The van der Waals surface area contributed by atoms with Crippen molar-refractivity contribution >= 4 is 39.8 Å². The fraction of sp³-hybridized carbons (Fsp3) is 0.250. The molecule has 6 nitrogen and oxygen atoms in total. The first-order valence-electron chi connectivity index (χ1n) is 8.86. The minimum Gasteiger partial charge on any atom is -0.495 e. The molecule has 3 rings (SSSR count). The number of nitrogens with one attached hydrogen (secondary N) is 1. The van der Waals surface area contributed by atoms with Crippen LogP contribution in [0.2, 0.25) is 0 Å². The van der Waals surface area contributed by atoms with E-state index in [4.69, 9.17) is 4.74 Å². The Hall–Kier alpha value is -2.65. The van der Waals surface area contributed by atoms with Crippen LogP contribution in [-0.2, 0) is 11.3 Å². The number of aromatic nitrogens is 2. The highest BCUT2D eigenvalue weighted by atomic mass is 32.2. The number of thioether (sulfide) groups is 1. The summed E-state index contributed by atoms with van der Waals surface area (Å²) < 4.78 is 19.3. The number of benzene rings is 2. The first-order valence-corrected chi connectivity index (χ1v) is 10.6. The monoisotopic (exact) mass is 432 g/mol. The molecule has 1 atom stereocenters. The van der Waals surface area contributed by atoms with Gasteiger partial charge in [0.15, 0.2) is 4.34 Å². The lowest BCUT2D eigenvalue weighted by Gasteiger charge is -2.20. The number of nitrogens with zero attached hydrogens (tertiary/aromatic N) is 3. The fourth-order valence-corrected chi connectivity index (χ4v) is 4.69. The van der Waals surface area contributed by atoms with Crippen LogP contribution in [0.1, 0.15) is 12.5 Å². The predicted octanol–water partition coefficient (Wildman–Crippen LogP) is 4.57. The van der Waals surface area contributed by atoms with Gasteiger partial charge in [0.25, 0.3) is 0 Å². The van der Waals surface area contributed by atoms with E-state index in [2.05, 4.69) is 15.5 Å². The van der Waals surface area contributed by atoms with Gasteiger partial charge in [-0.3, -0.25) is 4.79 Å². The highest BCUT2D eigenvalue weighted by Gasteiger charge is 2.21. The molecule has 0 saturated heterocycles. The first kappa shape index (κ1) is 21.1. The van der Waals surface area contributed by atoms with Crippen molar-refractivity contribution < 1.29 is 13.9 Å². The van der Waals surface area contributed by atoms with Crippen molar-refractivity contribution in [2.75, 3.05) is 19.5 Å². The van der Waals surface area contributed by atoms with Gasteiger partial charge in [0, 0.05) is 13.6 Å². The number of halogens is 1. The summed E-state index contributed by atoms with van der Waals surface area (Å²) in [5.74, 6) is 0.336. The number of carbonyl (C=O) groups excluding carboxylic acids is 1. The van der Waals surface area contributed by atoms with E-state index in [1.807, 2.05) is 31.2 Å². The first-order chi connectivity index (χ1) is 14.0. The van der Waals surface area contributed by atoms with Crippen molar-refractivity contribution in [2.24, 2.45) is 0 Å². The fourth-order valence-electron chi connectivity index (χ4n) is 2.67. The van der Waals surface area contributed by atoms with Crippen molar-refractivity contribution in [1.29, 1.82) is 0 Å². The zero-order valence-electron chi connectivity index (χ0n) is 16.3. The Morgan fingerprint density at radius 2 is 2.07 bits per heavy atom. The van der Waals surface area contributed by atoms with Crippen molar-refractivity contribution in [3.05, 3.63) is 59.9 Å². The van der Waals surface area contributed by atoms with Gasteiger partial charge in [-0.05, 0) is 36.8 Å². The van der Waals surface area contributed by atoms with Crippen LogP contribution in [-0.4, -0.2) is 40.4 Å². The number of amides is 1. The second-order valence-electron chi connectivity index (χ2n) is 6.28. The molecule has 1 amide bonds. The molecule has 1 heterocycles. The summed E-state index contributed by atoms with van der Waals surface area (Å²) in [6.45, 7) is 2.17.